The van der Waals surface area contributed by atoms with Crippen molar-refractivity contribution in [3.8, 4) is 0 Å². The number of likely N-dealkylation sites (tertiary alicyclic amines) is 1. The van der Waals surface area contributed by atoms with Gasteiger partial charge in [0.25, 0.3) is 0 Å². The quantitative estimate of drug-likeness (QED) is 0.887. The van der Waals surface area contributed by atoms with Gasteiger partial charge in [-0.1, -0.05) is 39.0 Å². The topological polar surface area (TPSA) is 32.3 Å². The fraction of sp³-hybridized carbons (Fsp3) is 0.562. The van der Waals surface area contributed by atoms with E-state index in [9.17, 15) is 4.79 Å². The van der Waals surface area contributed by atoms with Crippen LogP contribution in [0.2, 0.25) is 0 Å². The zero-order chi connectivity index (χ0) is 14.0. The van der Waals surface area contributed by atoms with E-state index in [1.807, 2.05) is 18.2 Å². The summed E-state index contributed by atoms with van der Waals surface area (Å²) in [6, 6.07) is 8.10. The second-order valence-electron chi connectivity index (χ2n) is 6.53. The number of hydrogen-bond acceptors (Lipinski definition) is 2. The molecule has 1 fully saturated rings. The molecule has 0 saturated carbocycles. The molecule has 1 aliphatic rings. The molecule has 1 unspecified atom stereocenters. The van der Waals surface area contributed by atoms with Crippen LogP contribution in [0.15, 0.2) is 24.3 Å². The first-order valence-electron chi connectivity index (χ1n) is 6.97. The molecule has 0 spiro atoms. The maximum atomic E-state index is 12.3. The number of nitrogens with zero attached hydrogens (tertiary/aromatic N) is 1. The first kappa shape index (κ1) is 14.1. The minimum absolute atomic E-state index is 0.0380. The molecule has 1 saturated heterocycles. The summed E-state index contributed by atoms with van der Waals surface area (Å²) in [5.41, 5.74) is 2.18. The standard InChI is InChI=1S/C16H24N2O/c1-16(2,3)13-7-5-6-8-14(13)17-15(19)12-9-10-18(4)11-12/h5-8,12H,9-11H2,1-4H3,(H,17,19). The summed E-state index contributed by atoms with van der Waals surface area (Å²) in [6.07, 6.45) is 0.958. The lowest BCUT2D eigenvalue weighted by atomic mass is 9.85. The fourth-order valence-electron chi connectivity index (χ4n) is 2.63. The van der Waals surface area contributed by atoms with Crippen LogP contribution in [0, 0.1) is 5.92 Å². The van der Waals surface area contributed by atoms with Crippen LogP contribution in [-0.2, 0) is 10.2 Å². The molecule has 1 atom stereocenters. The smallest absolute Gasteiger partial charge is 0.228 e. The van der Waals surface area contributed by atoms with Gasteiger partial charge in [-0.05, 0) is 37.1 Å². The fourth-order valence-corrected chi connectivity index (χ4v) is 2.63. The Morgan fingerprint density at radius 2 is 2.00 bits per heavy atom. The van der Waals surface area contributed by atoms with E-state index >= 15 is 0 Å². The van der Waals surface area contributed by atoms with Gasteiger partial charge in [0.15, 0.2) is 0 Å². The van der Waals surface area contributed by atoms with Crippen molar-refractivity contribution in [3.63, 3.8) is 0 Å². The van der Waals surface area contributed by atoms with Crippen LogP contribution in [0.3, 0.4) is 0 Å². The Morgan fingerprint density at radius 3 is 2.58 bits per heavy atom. The van der Waals surface area contributed by atoms with Crippen LogP contribution in [0.25, 0.3) is 0 Å². The van der Waals surface area contributed by atoms with Crippen LogP contribution in [-0.4, -0.2) is 30.9 Å². The minimum atomic E-state index is 0.0380. The highest BCUT2D eigenvalue weighted by Crippen LogP contribution is 2.30. The van der Waals surface area contributed by atoms with Gasteiger partial charge in [-0.2, -0.15) is 0 Å². The Labute approximate surface area is 116 Å². The van der Waals surface area contributed by atoms with Gasteiger partial charge in [0.1, 0.15) is 0 Å². The molecule has 2 rings (SSSR count). The van der Waals surface area contributed by atoms with Crippen molar-refractivity contribution in [3.05, 3.63) is 29.8 Å². The average molecular weight is 260 g/mol. The molecule has 0 aliphatic carbocycles. The molecule has 1 heterocycles. The Balaban J connectivity index is 2.13. The summed E-state index contributed by atoms with van der Waals surface area (Å²) in [5.74, 6) is 0.277. The molecular weight excluding hydrogens is 236 g/mol. The van der Waals surface area contributed by atoms with E-state index in [1.165, 1.54) is 5.56 Å². The van der Waals surface area contributed by atoms with E-state index in [-0.39, 0.29) is 17.2 Å². The lowest BCUT2D eigenvalue weighted by molar-refractivity contribution is -0.119. The zero-order valence-electron chi connectivity index (χ0n) is 12.4. The molecule has 1 amide bonds. The third-order valence-electron chi connectivity index (χ3n) is 3.76. The SMILES string of the molecule is CN1CCC(C(=O)Nc2ccccc2C(C)(C)C)C1. The first-order chi connectivity index (χ1) is 8.88. The van der Waals surface area contributed by atoms with Gasteiger partial charge < -0.3 is 10.2 Å². The normalized spacial score (nSPS) is 20.5. The summed E-state index contributed by atoms with van der Waals surface area (Å²) in [5, 5.41) is 3.11. The maximum absolute atomic E-state index is 12.3. The van der Waals surface area contributed by atoms with Crippen molar-refractivity contribution in [1.29, 1.82) is 0 Å². The molecule has 104 valence electrons. The van der Waals surface area contributed by atoms with Crippen LogP contribution in [0.5, 0.6) is 0 Å². The van der Waals surface area contributed by atoms with Crippen LogP contribution in [0.4, 0.5) is 5.69 Å². The number of amides is 1. The summed E-state index contributed by atoms with van der Waals surface area (Å²) < 4.78 is 0. The second kappa shape index (κ2) is 5.33. The summed E-state index contributed by atoms with van der Waals surface area (Å²) in [4.78, 5) is 14.5. The third kappa shape index (κ3) is 3.35. The molecule has 0 radical (unpaired) electrons. The van der Waals surface area contributed by atoms with E-state index in [0.717, 1.165) is 25.2 Å². The van der Waals surface area contributed by atoms with Crippen LogP contribution in [0.1, 0.15) is 32.8 Å². The number of carbonyl (C=O) groups is 1. The van der Waals surface area contributed by atoms with Crippen molar-refractivity contribution < 1.29 is 4.79 Å². The molecule has 1 aliphatic heterocycles. The summed E-state index contributed by atoms with van der Waals surface area (Å²) >= 11 is 0. The highest BCUT2D eigenvalue weighted by atomic mass is 16.1. The number of carbonyl (C=O) groups excluding carboxylic acids is 1. The largest absolute Gasteiger partial charge is 0.326 e. The Morgan fingerprint density at radius 1 is 1.32 bits per heavy atom. The minimum Gasteiger partial charge on any atom is -0.326 e. The van der Waals surface area contributed by atoms with Gasteiger partial charge in [-0.3, -0.25) is 4.79 Å². The van der Waals surface area contributed by atoms with Gasteiger partial charge in [-0.15, -0.1) is 0 Å². The van der Waals surface area contributed by atoms with Crippen LogP contribution >= 0.6 is 0 Å². The Bertz CT molecular complexity index is 462. The third-order valence-corrected chi connectivity index (χ3v) is 3.76. The maximum Gasteiger partial charge on any atom is 0.228 e. The number of anilines is 1. The predicted molar refractivity (Wildman–Crippen MR) is 79.4 cm³/mol. The molecule has 1 aromatic rings. The van der Waals surface area contributed by atoms with Crippen molar-refractivity contribution in [2.24, 2.45) is 5.92 Å². The number of rotatable bonds is 2. The molecular formula is C16H24N2O. The highest BCUT2D eigenvalue weighted by Gasteiger charge is 2.27. The number of benzene rings is 1. The summed E-state index contributed by atoms with van der Waals surface area (Å²) in [7, 11) is 2.07. The highest BCUT2D eigenvalue weighted by molar-refractivity contribution is 5.93. The van der Waals surface area contributed by atoms with E-state index in [0.29, 0.717) is 0 Å². The number of nitrogens with one attached hydrogen (secondary N) is 1. The molecule has 3 heteroatoms. The Kier molecular flexibility index (Phi) is 3.95. The number of hydrogen-bond donors (Lipinski definition) is 1. The van der Waals surface area contributed by atoms with E-state index in [2.05, 4.69) is 44.1 Å². The Hall–Kier alpha value is -1.35. The van der Waals surface area contributed by atoms with Gasteiger partial charge in [0, 0.05) is 12.2 Å². The molecule has 0 aromatic heterocycles. The van der Waals surface area contributed by atoms with Crippen molar-refractivity contribution in [2.45, 2.75) is 32.6 Å². The molecule has 3 nitrogen and oxygen atoms in total. The lowest BCUT2D eigenvalue weighted by Crippen LogP contribution is -2.27. The number of para-hydroxylation sites is 1. The van der Waals surface area contributed by atoms with E-state index in [1.54, 1.807) is 0 Å². The average Bonchev–Trinajstić information content (AvgIpc) is 2.75. The molecule has 1 N–H and O–H groups in total. The first-order valence-corrected chi connectivity index (χ1v) is 6.97. The molecule has 19 heavy (non-hydrogen) atoms. The van der Waals surface area contributed by atoms with E-state index < -0.39 is 0 Å². The van der Waals surface area contributed by atoms with Crippen molar-refractivity contribution in [2.75, 3.05) is 25.5 Å². The van der Waals surface area contributed by atoms with Gasteiger partial charge >= 0.3 is 0 Å². The van der Waals surface area contributed by atoms with Gasteiger partial charge in [-0.25, -0.2) is 0 Å². The van der Waals surface area contributed by atoms with E-state index in [4.69, 9.17) is 0 Å². The monoisotopic (exact) mass is 260 g/mol. The summed E-state index contributed by atoms with van der Waals surface area (Å²) in [6.45, 7) is 8.38. The zero-order valence-corrected chi connectivity index (χ0v) is 12.4. The predicted octanol–water partition coefficient (Wildman–Crippen LogP) is 2.87. The van der Waals surface area contributed by atoms with Crippen molar-refractivity contribution >= 4 is 11.6 Å². The van der Waals surface area contributed by atoms with Gasteiger partial charge in [0.05, 0.1) is 5.92 Å². The second-order valence-corrected chi connectivity index (χ2v) is 6.53. The molecule has 0 bridgehead atoms. The lowest BCUT2D eigenvalue weighted by Gasteiger charge is -2.23. The van der Waals surface area contributed by atoms with Gasteiger partial charge in [0.2, 0.25) is 5.91 Å². The molecule has 1 aromatic carbocycles. The van der Waals surface area contributed by atoms with Crippen LogP contribution < -0.4 is 5.32 Å². The van der Waals surface area contributed by atoms with Crippen molar-refractivity contribution in [1.82, 2.24) is 4.90 Å².